The Kier molecular flexibility index (Phi) is 7.62. The standard InChI is InChI=1S/C10H20N2O3/c1-4-15-9(13)5-6-12-10(14)8(2)7-11-3/h8,11H,4-7H2,1-3H3,(H,12,14). The Bertz CT molecular complexity index is 207. The van der Waals surface area contributed by atoms with E-state index >= 15 is 0 Å². The van der Waals surface area contributed by atoms with E-state index < -0.39 is 0 Å². The summed E-state index contributed by atoms with van der Waals surface area (Å²) in [6.45, 7) is 4.93. The van der Waals surface area contributed by atoms with Crippen LogP contribution >= 0.6 is 0 Å². The second-order valence-electron chi connectivity index (χ2n) is 3.30. The molecule has 2 N–H and O–H groups in total. The molecule has 0 aliphatic heterocycles. The molecule has 0 aliphatic carbocycles. The lowest BCUT2D eigenvalue weighted by atomic mass is 10.1. The van der Waals surface area contributed by atoms with E-state index in [9.17, 15) is 9.59 Å². The summed E-state index contributed by atoms with van der Waals surface area (Å²) in [5.74, 6) is -0.412. The normalized spacial score (nSPS) is 11.9. The summed E-state index contributed by atoms with van der Waals surface area (Å²) in [5, 5.41) is 5.59. The van der Waals surface area contributed by atoms with Crippen LogP contribution in [-0.4, -0.2) is 38.6 Å². The number of ether oxygens (including phenoxy) is 1. The first-order valence-electron chi connectivity index (χ1n) is 5.19. The van der Waals surface area contributed by atoms with Gasteiger partial charge in [0.15, 0.2) is 0 Å². The highest BCUT2D eigenvalue weighted by Crippen LogP contribution is 1.92. The van der Waals surface area contributed by atoms with Crippen molar-refractivity contribution in [3.05, 3.63) is 0 Å². The average Bonchev–Trinajstić information content (AvgIpc) is 2.18. The Morgan fingerprint density at radius 1 is 1.40 bits per heavy atom. The van der Waals surface area contributed by atoms with Crippen LogP contribution in [0.2, 0.25) is 0 Å². The van der Waals surface area contributed by atoms with Gasteiger partial charge in [0.1, 0.15) is 0 Å². The second-order valence-corrected chi connectivity index (χ2v) is 3.30. The fraction of sp³-hybridized carbons (Fsp3) is 0.800. The first-order valence-corrected chi connectivity index (χ1v) is 5.19. The van der Waals surface area contributed by atoms with Crippen LogP contribution in [0.15, 0.2) is 0 Å². The minimum atomic E-state index is -0.279. The zero-order valence-electron chi connectivity index (χ0n) is 9.63. The van der Waals surface area contributed by atoms with Gasteiger partial charge in [0.25, 0.3) is 0 Å². The molecule has 15 heavy (non-hydrogen) atoms. The van der Waals surface area contributed by atoms with Gasteiger partial charge < -0.3 is 15.4 Å². The van der Waals surface area contributed by atoms with Gasteiger partial charge in [-0.3, -0.25) is 9.59 Å². The van der Waals surface area contributed by atoms with Crippen LogP contribution in [0.3, 0.4) is 0 Å². The van der Waals surface area contributed by atoms with Crippen molar-refractivity contribution >= 4 is 11.9 Å². The SMILES string of the molecule is CCOC(=O)CCNC(=O)C(C)CNC. The molecule has 5 nitrogen and oxygen atoms in total. The lowest BCUT2D eigenvalue weighted by Gasteiger charge is -2.10. The molecule has 1 atom stereocenters. The molecule has 0 bridgehead atoms. The molecule has 0 aliphatic rings. The van der Waals surface area contributed by atoms with E-state index in [1.807, 2.05) is 6.92 Å². The highest BCUT2D eigenvalue weighted by molar-refractivity contribution is 5.79. The van der Waals surface area contributed by atoms with Gasteiger partial charge in [-0.1, -0.05) is 6.92 Å². The van der Waals surface area contributed by atoms with E-state index in [0.717, 1.165) is 0 Å². The Morgan fingerprint density at radius 2 is 2.07 bits per heavy atom. The van der Waals surface area contributed by atoms with Gasteiger partial charge >= 0.3 is 5.97 Å². The van der Waals surface area contributed by atoms with Gasteiger partial charge in [0.05, 0.1) is 13.0 Å². The average molecular weight is 216 g/mol. The van der Waals surface area contributed by atoms with Gasteiger partial charge in [-0.25, -0.2) is 0 Å². The van der Waals surface area contributed by atoms with Crippen LogP contribution < -0.4 is 10.6 Å². The monoisotopic (exact) mass is 216 g/mol. The minimum Gasteiger partial charge on any atom is -0.466 e. The van der Waals surface area contributed by atoms with Gasteiger partial charge in [0, 0.05) is 19.0 Å². The van der Waals surface area contributed by atoms with Crippen molar-refractivity contribution in [3.63, 3.8) is 0 Å². The van der Waals surface area contributed by atoms with Crippen molar-refractivity contribution in [2.24, 2.45) is 5.92 Å². The Morgan fingerprint density at radius 3 is 2.60 bits per heavy atom. The van der Waals surface area contributed by atoms with E-state index in [4.69, 9.17) is 4.74 Å². The van der Waals surface area contributed by atoms with Crippen LogP contribution in [0.4, 0.5) is 0 Å². The third-order valence-electron chi connectivity index (χ3n) is 1.89. The Balaban J connectivity index is 3.58. The molecule has 1 unspecified atom stereocenters. The van der Waals surface area contributed by atoms with Crippen LogP contribution in [0.1, 0.15) is 20.3 Å². The van der Waals surface area contributed by atoms with Gasteiger partial charge in [-0.05, 0) is 14.0 Å². The maximum Gasteiger partial charge on any atom is 0.307 e. The summed E-state index contributed by atoms with van der Waals surface area (Å²) in [4.78, 5) is 22.3. The molecule has 0 spiro atoms. The van der Waals surface area contributed by atoms with E-state index in [-0.39, 0.29) is 24.2 Å². The molecule has 0 aromatic carbocycles. The molecular formula is C10H20N2O3. The molecule has 88 valence electrons. The molecule has 0 fully saturated rings. The molecule has 0 rings (SSSR count). The molecule has 0 saturated heterocycles. The summed E-state index contributed by atoms with van der Waals surface area (Å²) in [6, 6.07) is 0. The largest absolute Gasteiger partial charge is 0.466 e. The molecule has 1 amide bonds. The van der Waals surface area contributed by atoms with E-state index in [2.05, 4.69) is 10.6 Å². The summed E-state index contributed by atoms with van der Waals surface area (Å²) in [7, 11) is 1.79. The fourth-order valence-electron chi connectivity index (χ4n) is 1.09. The minimum absolute atomic E-state index is 0.0475. The Labute approximate surface area is 90.6 Å². The third kappa shape index (κ3) is 6.90. The fourth-order valence-corrected chi connectivity index (χ4v) is 1.09. The van der Waals surface area contributed by atoms with Crippen molar-refractivity contribution in [2.45, 2.75) is 20.3 Å². The van der Waals surface area contributed by atoms with E-state index in [1.54, 1.807) is 14.0 Å². The number of nitrogens with one attached hydrogen (secondary N) is 2. The molecule has 0 saturated carbocycles. The highest BCUT2D eigenvalue weighted by atomic mass is 16.5. The van der Waals surface area contributed by atoms with Crippen LogP contribution in [0, 0.1) is 5.92 Å². The van der Waals surface area contributed by atoms with Crippen molar-refractivity contribution in [2.75, 3.05) is 26.7 Å². The lowest BCUT2D eigenvalue weighted by molar-refractivity contribution is -0.143. The van der Waals surface area contributed by atoms with E-state index in [1.165, 1.54) is 0 Å². The summed E-state index contributed by atoms with van der Waals surface area (Å²) in [6.07, 6.45) is 0.228. The number of carbonyl (C=O) groups is 2. The number of esters is 1. The highest BCUT2D eigenvalue weighted by Gasteiger charge is 2.11. The van der Waals surface area contributed by atoms with Gasteiger partial charge in [-0.15, -0.1) is 0 Å². The lowest BCUT2D eigenvalue weighted by Crippen LogP contribution is -2.35. The number of hydrogen-bond acceptors (Lipinski definition) is 4. The second kappa shape index (κ2) is 8.23. The first-order chi connectivity index (χ1) is 7.11. The maximum absolute atomic E-state index is 11.4. The summed E-state index contributed by atoms with van der Waals surface area (Å²) < 4.78 is 4.73. The molecule has 0 aromatic rings. The van der Waals surface area contributed by atoms with Crippen molar-refractivity contribution in [3.8, 4) is 0 Å². The summed E-state index contributed by atoms with van der Waals surface area (Å²) in [5.41, 5.74) is 0. The number of hydrogen-bond donors (Lipinski definition) is 2. The van der Waals surface area contributed by atoms with Crippen molar-refractivity contribution in [1.82, 2.24) is 10.6 Å². The molecule has 5 heteroatoms. The predicted octanol–water partition coefficient (Wildman–Crippen LogP) is -0.0887. The van der Waals surface area contributed by atoms with Crippen molar-refractivity contribution < 1.29 is 14.3 Å². The van der Waals surface area contributed by atoms with Crippen LogP contribution in [-0.2, 0) is 14.3 Å². The Hall–Kier alpha value is -1.10. The quantitative estimate of drug-likeness (QED) is 0.584. The molecule has 0 heterocycles. The third-order valence-corrected chi connectivity index (χ3v) is 1.89. The number of carbonyl (C=O) groups excluding carboxylic acids is 2. The van der Waals surface area contributed by atoms with E-state index in [0.29, 0.717) is 19.7 Å². The van der Waals surface area contributed by atoms with Crippen molar-refractivity contribution in [1.29, 1.82) is 0 Å². The van der Waals surface area contributed by atoms with Gasteiger partial charge in [-0.2, -0.15) is 0 Å². The summed E-state index contributed by atoms with van der Waals surface area (Å²) >= 11 is 0. The molecule has 0 aromatic heterocycles. The molecular weight excluding hydrogens is 196 g/mol. The maximum atomic E-state index is 11.4. The topological polar surface area (TPSA) is 67.4 Å². The van der Waals surface area contributed by atoms with Crippen LogP contribution in [0.5, 0.6) is 0 Å². The smallest absolute Gasteiger partial charge is 0.307 e. The van der Waals surface area contributed by atoms with Gasteiger partial charge in [0.2, 0.25) is 5.91 Å². The zero-order chi connectivity index (χ0) is 11.7. The van der Waals surface area contributed by atoms with Crippen LogP contribution in [0.25, 0.3) is 0 Å². The number of amides is 1. The predicted molar refractivity (Wildman–Crippen MR) is 57.4 cm³/mol. The number of rotatable bonds is 7. The zero-order valence-corrected chi connectivity index (χ0v) is 9.63. The molecule has 0 radical (unpaired) electrons. The first kappa shape index (κ1) is 13.9.